The molecule has 1 saturated heterocycles. The highest BCUT2D eigenvalue weighted by Gasteiger charge is 2.53. The SMILES string of the molecule is N#CC(=Cc1cn(-c2ccccc2)nc1C12CC3CC(CC(C3)C1)C2)C(=O)NC1CCS(=O)(=O)C1. The van der Waals surface area contributed by atoms with Crippen LogP contribution in [0.4, 0.5) is 0 Å². The van der Waals surface area contributed by atoms with Gasteiger partial charge >= 0.3 is 0 Å². The number of carbonyl (C=O) groups is 1. The summed E-state index contributed by atoms with van der Waals surface area (Å²) in [6, 6.07) is 11.5. The van der Waals surface area contributed by atoms with Crippen LogP contribution in [0.2, 0.25) is 0 Å². The molecule has 1 atom stereocenters. The summed E-state index contributed by atoms with van der Waals surface area (Å²) < 4.78 is 25.5. The molecule has 1 N–H and O–H groups in total. The summed E-state index contributed by atoms with van der Waals surface area (Å²) in [6.45, 7) is 0. The van der Waals surface area contributed by atoms with E-state index in [9.17, 15) is 18.5 Å². The maximum absolute atomic E-state index is 13.0. The quantitative estimate of drug-likeness (QED) is 0.510. The highest BCUT2D eigenvalue weighted by atomic mass is 32.2. The Hall–Kier alpha value is -2.92. The zero-order chi connectivity index (χ0) is 24.2. The van der Waals surface area contributed by atoms with E-state index >= 15 is 0 Å². The molecule has 5 aliphatic rings. The van der Waals surface area contributed by atoms with E-state index < -0.39 is 21.8 Å². The molecule has 4 bridgehead atoms. The molecule has 1 unspecified atom stereocenters. The standard InChI is InChI=1S/C27H30N4O3S/c28-15-21(26(32)29-23-6-7-35(33,34)17-23)11-22-16-31(24-4-2-1-3-5-24)30-25(22)27-12-18-8-19(13-27)10-20(9-18)14-27/h1-5,11,16,18-20,23H,6-10,12-14,17H2,(H,29,32). The molecule has 5 fully saturated rings. The van der Waals surface area contributed by atoms with Crippen molar-refractivity contribution in [3.05, 3.63) is 53.4 Å². The van der Waals surface area contributed by atoms with E-state index in [1.807, 2.05) is 41.2 Å². The van der Waals surface area contributed by atoms with E-state index in [0.717, 1.165) is 54.0 Å². The minimum Gasteiger partial charge on any atom is -0.348 e. The predicted molar refractivity (Wildman–Crippen MR) is 132 cm³/mol. The van der Waals surface area contributed by atoms with Crippen molar-refractivity contribution < 1.29 is 13.2 Å². The Bertz CT molecular complexity index is 1300. The first-order valence-corrected chi connectivity index (χ1v) is 14.4. The molecule has 4 aliphatic carbocycles. The number of nitrogens with zero attached hydrogens (tertiary/aromatic N) is 3. The van der Waals surface area contributed by atoms with Crippen LogP contribution in [0.5, 0.6) is 0 Å². The van der Waals surface area contributed by atoms with Gasteiger partial charge in [0.1, 0.15) is 11.6 Å². The lowest BCUT2D eigenvalue weighted by molar-refractivity contribution is -0.117. The van der Waals surface area contributed by atoms with E-state index in [1.165, 1.54) is 19.3 Å². The second-order valence-corrected chi connectivity index (χ2v) is 13.4. The normalized spacial score (nSPS) is 32.9. The van der Waals surface area contributed by atoms with Crippen molar-refractivity contribution in [3.63, 3.8) is 0 Å². The Balaban J connectivity index is 1.37. The second kappa shape index (κ2) is 8.34. The number of hydrogen-bond donors (Lipinski definition) is 1. The number of aromatic nitrogens is 2. The molecule has 4 saturated carbocycles. The molecule has 8 heteroatoms. The highest BCUT2D eigenvalue weighted by molar-refractivity contribution is 7.91. The van der Waals surface area contributed by atoms with Crippen molar-refractivity contribution in [1.29, 1.82) is 5.26 Å². The lowest BCUT2D eigenvalue weighted by atomic mass is 9.48. The molecule has 1 aromatic heterocycles. The predicted octanol–water partition coefficient (Wildman–Crippen LogP) is 3.55. The van der Waals surface area contributed by atoms with Crippen LogP contribution in [0.1, 0.15) is 56.2 Å². The first-order valence-electron chi connectivity index (χ1n) is 12.6. The summed E-state index contributed by atoms with van der Waals surface area (Å²) >= 11 is 0. The van der Waals surface area contributed by atoms with Gasteiger partial charge in [0, 0.05) is 23.2 Å². The van der Waals surface area contributed by atoms with Crippen LogP contribution < -0.4 is 5.32 Å². The molecular weight excluding hydrogens is 460 g/mol. The van der Waals surface area contributed by atoms with Crippen molar-refractivity contribution in [2.24, 2.45) is 17.8 Å². The third-order valence-corrected chi connectivity index (χ3v) is 10.3. The van der Waals surface area contributed by atoms with Gasteiger partial charge in [0.05, 0.1) is 22.9 Å². The molecule has 35 heavy (non-hydrogen) atoms. The van der Waals surface area contributed by atoms with Crippen molar-refractivity contribution in [1.82, 2.24) is 15.1 Å². The largest absolute Gasteiger partial charge is 0.348 e. The van der Waals surface area contributed by atoms with Gasteiger partial charge in [-0.1, -0.05) is 18.2 Å². The fourth-order valence-electron chi connectivity index (χ4n) is 7.49. The van der Waals surface area contributed by atoms with Gasteiger partial charge in [0.15, 0.2) is 9.84 Å². The summed E-state index contributed by atoms with van der Waals surface area (Å²) in [5, 5.41) is 17.7. The van der Waals surface area contributed by atoms with Crippen LogP contribution in [0.15, 0.2) is 42.1 Å². The van der Waals surface area contributed by atoms with Crippen molar-refractivity contribution >= 4 is 21.8 Å². The molecule has 182 valence electrons. The molecule has 1 amide bonds. The Morgan fingerprint density at radius 1 is 1.11 bits per heavy atom. The van der Waals surface area contributed by atoms with Crippen molar-refractivity contribution in [2.45, 2.75) is 56.4 Å². The number of nitrogens with one attached hydrogen (secondary N) is 1. The van der Waals surface area contributed by atoms with Crippen molar-refractivity contribution in [2.75, 3.05) is 11.5 Å². The molecule has 0 radical (unpaired) electrons. The van der Waals surface area contributed by atoms with E-state index in [2.05, 4.69) is 11.4 Å². The summed E-state index contributed by atoms with van der Waals surface area (Å²) in [5.74, 6) is 1.71. The number of para-hydroxylation sites is 1. The Morgan fingerprint density at radius 2 is 1.77 bits per heavy atom. The highest BCUT2D eigenvalue weighted by Crippen LogP contribution is 2.61. The third-order valence-electron chi connectivity index (χ3n) is 8.54. The van der Waals surface area contributed by atoms with Crippen LogP contribution in [0, 0.1) is 29.1 Å². The number of hydrogen-bond acceptors (Lipinski definition) is 5. The maximum Gasteiger partial charge on any atom is 0.262 e. The fourth-order valence-corrected chi connectivity index (χ4v) is 9.17. The van der Waals surface area contributed by atoms with Gasteiger partial charge in [0.25, 0.3) is 5.91 Å². The van der Waals surface area contributed by atoms with Gasteiger partial charge < -0.3 is 5.32 Å². The molecule has 2 heterocycles. The summed E-state index contributed by atoms with van der Waals surface area (Å²) in [7, 11) is -3.12. The minimum absolute atomic E-state index is 0.00279. The van der Waals surface area contributed by atoms with E-state index in [0.29, 0.717) is 6.42 Å². The number of nitriles is 1. The van der Waals surface area contributed by atoms with E-state index in [4.69, 9.17) is 5.10 Å². The number of benzene rings is 1. The van der Waals surface area contributed by atoms with Crippen LogP contribution >= 0.6 is 0 Å². The van der Waals surface area contributed by atoms with Gasteiger partial charge in [-0.3, -0.25) is 4.79 Å². The molecule has 1 aromatic carbocycles. The lowest BCUT2D eigenvalue weighted by Crippen LogP contribution is -2.49. The molecular formula is C27H30N4O3S. The average Bonchev–Trinajstić information content (AvgIpc) is 3.40. The first-order chi connectivity index (χ1) is 16.8. The number of amides is 1. The summed E-state index contributed by atoms with van der Waals surface area (Å²) in [5.41, 5.74) is 2.76. The molecule has 0 spiro atoms. The second-order valence-electron chi connectivity index (χ2n) is 11.2. The van der Waals surface area contributed by atoms with Gasteiger partial charge in [-0.15, -0.1) is 0 Å². The van der Waals surface area contributed by atoms with Crippen molar-refractivity contribution in [3.8, 4) is 11.8 Å². The third kappa shape index (κ3) is 4.20. The minimum atomic E-state index is -3.12. The number of carbonyl (C=O) groups excluding carboxylic acids is 1. The Labute approximate surface area is 206 Å². The molecule has 7 nitrogen and oxygen atoms in total. The van der Waals surface area contributed by atoms with Crippen LogP contribution in [0.25, 0.3) is 11.8 Å². The first kappa shape index (κ1) is 22.5. The van der Waals surface area contributed by atoms with Crippen LogP contribution in [-0.4, -0.2) is 41.7 Å². The topological polar surface area (TPSA) is 105 Å². The number of rotatable bonds is 5. The van der Waals surface area contributed by atoms with E-state index in [-0.39, 0.29) is 22.5 Å². The number of sulfone groups is 1. The summed E-state index contributed by atoms with van der Waals surface area (Å²) in [6.07, 6.45) is 11.3. The lowest BCUT2D eigenvalue weighted by Gasteiger charge is -2.56. The molecule has 7 rings (SSSR count). The maximum atomic E-state index is 13.0. The van der Waals surface area contributed by atoms with Gasteiger partial charge in [-0.05, 0) is 80.9 Å². The average molecular weight is 491 g/mol. The van der Waals surface area contributed by atoms with Crippen LogP contribution in [0.3, 0.4) is 0 Å². The summed E-state index contributed by atoms with van der Waals surface area (Å²) in [4.78, 5) is 13.0. The molecule has 1 aliphatic heterocycles. The fraction of sp³-hybridized carbons (Fsp3) is 0.519. The Morgan fingerprint density at radius 3 is 2.34 bits per heavy atom. The zero-order valence-electron chi connectivity index (χ0n) is 19.7. The van der Waals surface area contributed by atoms with Gasteiger partial charge in [-0.25, -0.2) is 13.1 Å². The zero-order valence-corrected chi connectivity index (χ0v) is 20.5. The van der Waals surface area contributed by atoms with Gasteiger partial charge in [-0.2, -0.15) is 10.4 Å². The van der Waals surface area contributed by atoms with E-state index in [1.54, 1.807) is 6.08 Å². The monoisotopic (exact) mass is 490 g/mol. The Kier molecular flexibility index (Phi) is 5.37. The van der Waals surface area contributed by atoms with Gasteiger partial charge in [0.2, 0.25) is 0 Å². The van der Waals surface area contributed by atoms with Crippen LogP contribution in [-0.2, 0) is 20.0 Å². The molecule has 2 aromatic rings. The smallest absolute Gasteiger partial charge is 0.262 e.